The monoisotopic (exact) mass is 323 g/mol. The number of nitrogen functional groups attached to an aromatic ring is 1. The summed E-state index contributed by atoms with van der Waals surface area (Å²) in [5, 5.41) is 0. The van der Waals surface area contributed by atoms with E-state index < -0.39 is 0 Å². The standard InChI is InChI=1S/C19H21N3O2/c1-23-17-9-13-7-8-22-16(15(13)10-18(17)24-2)11-21-19(22)12-3-5-14(20)6-4-12/h3-7,10-11,17,19H,8-9,20H2,1-2H3. The van der Waals surface area contributed by atoms with Crippen molar-refractivity contribution in [2.75, 3.05) is 26.5 Å². The fourth-order valence-corrected chi connectivity index (χ4v) is 3.55. The Morgan fingerprint density at radius 3 is 2.71 bits per heavy atom. The van der Waals surface area contributed by atoms with Gasteiger partial charge in [-0.1, -0.05) is 18.2 Å². The molecule has 24 heavy (non-hydrogen) atoms. The Morgan fingerprint density at radius 2 is 2.00 bits per heavy atom. The second kappa shape index (κ2) is 5.83. The SMILES string of the molecule is COC1=CC2=C3C=NC(c4ccc(N)cc4)N3CC=C2CC1OC. The maximum absolute atomic E-state index is 5.80. The second-order valence-electron chi connectivity index (χ2n) is 6.18. The van der Waals surface area contributed by atoms with Gasteiger partial charge < -0.3 is 20.1 Å². The molecule has 1 aromatic carbocycles. The first kappa shape index (κ1) is 15.0. The predicted octanol–water partition coefficient (Wildman–Crippen LogP) is 2.80. The van der Waals surface area contributed by atoms with Gasteiger partial charge in [-0.2, -0.15) is 0 Å². The molecule has 0 amide bonds. The predicted molar refractivity (Wildman–Crippen MR) is 94.4 cm³/mol. The smallest absolute Gasteiger partial charge is 0.147 e. The molecule has 124 valence electrons. The van der Waals surface area contributed by atoms with Crippen molar-refractivity contribution in [3.05, 3.63) is 64.6 Å². The first-order valence-corrected chi connectivity index (χ1v) is 8.08. The van der Waals surface area contributed by atoms with Gasteiger partial charge in [-0.25, -0.2) is 0 Å². The van der Waals surface area contributed by atoms with Crippen LogP contribution in [0.25, 0.3) is 0 Å². The van der Waals surface area contributed by atoms with Crippen LogP contribution in [0.2, 0.25) is 0 Å². The van der Waals surface area contributed by atoms with Gasteiger partial charge >= 0.3 is 0 Å². The van der Waals surface area contributed by atoms with E-state index in [-0.39, 0.29) is 12.3 Å². The van der Waals surface area contributed by atoms with Crippen LogP contribution in [-0.4, -0.2) is 38.0 Å². The Balaban J connectivity index is 1.71. The van der Waals surface area contributed by atoms with Gasteiger partial charge in [-0.05, 0) is 29.3 Å². The van der Waals surface area contributed by atoms with E-state index in [0.29, 0.717) is 0 Å². The molecule has 5 nitrogen and oxygen atoms in total. The summed E-state index contributed by atoms with van der Waals surface area (Å²) in [6.07, 6.45) is 7.16. The number of anilines is 1. The summed E-state index contributed by atoms with van der Waals surface area (Å²) < 4.78 is 11.1. The number of methoxy groups -OCH3 is 2. The van der Waals surface area contributed by atoms with Gasteiger partial charge in [0.05, 0.1) is 12.8 Å². The zero-order valence-corrected chi connectivity index (χ0v) is 13.9. The first-order valence-electron chi connectivity index (χ1n) is 8.08. The first-order chi connectivity index (χ1) is 11.7. The number of hydrogen-bond donors (Lipinski definition) is 1. The Labute approximate surface area is 141 Å². The maximum Gasteiger partial charge on any atom is 0.147 e. The fourth-order valence-electron chi connectivity index (χ4n) is 3.55. The topological polar surface area (TPSA) is 60.1 Å². The van der Waals surface area contributed by atoms with Crippen molar-refractivity contribution in [2.24, 2.45) is 4.99 Å². The number of allylic oxidation sites excluding steroid dienone is 3. The van der Waals surface area contributed by atoms with Crippen molar-refractivity contribution in [1.29, 1.82) is 0 Å². The lowest BCUT2D eigenvalue weighted by atomic mass is 9.88. The van der Waals surface area contributed by atoms with Crippen molar-refractivity contribution >= 4 is 11.9 Å². The molecule has 0 saturated carbocycles. The average Bonchev–Trinajstić information content (AvgIpc) is 3.05. The van der Waals surface area contributed by atoms with Crippen LogP contribution >= 0.6 is 0 Å². The van der Waals surface area contributed by atoms with Crippen molar-refractivity contribution in [3.63, 3.8) is 0 Å². The van der Waals surface area contributed by atoms with E-state index in [0.717, 1.165) is 35.7 Å². The summed E-state index contributed by atoms with van der Waals surface area (Å²) >= 11 is 0. The van der Waals surface area contributed by atoms with E-state index in [1.807, 2.05) is 30.5 Å². The van der Waals surface area contributed by atoms with E-state index in [1.165, 1.54) is 11.1 Å². The molecule has 2 aliphatic heterocycles. The number of rotatable bonds is 3. The highest BCUT2D eigenvalue weighted by atomic mass is 16.5. The third-order valence-electron chi connectivity index (χ3n) is 4.86. The zero-order chi connectivity index (χ0) is 16.7. The summed E-state index contributed by atoms with van der Waals surface area (Å²) in [6.45, 7) is 0.843. The molecule has 1 aromatic rings. The summed E-state index contributed by atoms with van der Waals surface area (Å²) in [4.78, 5) is 7.04. The van der Waals surface area contributed by atoms with Gasteiger partial charge in [0.2, 0.25) is 0 Å². The van der Waals surface area contributed by atoms with Crippen LogP contribution in [0.5, 0.6) is 0 Å². The second-order valence-corrected chi connectivity index (χ2v) is 6.18. The van der Waals surface area contributed by atoms with Crippen LogP contribution < -0.4 is 5.73 Å². The molecule has 2 N–H and O–H groups in total. The van der Waals surface area contributed by atoms with Crippen LogP contribution in [0.4, 0.5) is 5.69 Å². The zero-order valence-electron chi connectivity index (χ0n) is 13.9. The van der Waals surface area contributed by atoms with E-state index in [4.69, 9.17) is 20.2 Å². The summed E-state index contributed by atoms with van der Waals surface area (Å²) in [7, 11) is 3.41. The molecule has 0 saturated heterocycles. The largest absolute Gasteiger partial charge is 0.498 e. The highest BCUT2D eigenvalue weighted by Crippen LogP contribution is 2.40. The van der Waals surface area contributed by atoms with Crippen molar-refractivity contribution in [3.8, 4) is 0 Å². The van der Waals surface area contributed by atoms with Gasteiger partial charge in [-0.3, -0.25) is 4.99 Å². The number of nitrogens with two attached hydrogens (primary N) is 1. The minimum Gasteiger partial charge on any atom is -0.498 e. The minimum atomic E-state index is -0.0108. The van der Waals surface area contributed by atoms with Crippen LogP contribution in [0.3, 0.4) is 0 Å². The summed E-state index contributed by atoms with van der Waals surface area (Å²) in [6, 6.07) is 7.94. The van der Waals surface area contributed by atoms with Crippen LogP contribution in [0.1, 0.15) is 18.2 Å². The molecule has 0 radical (unpaired) electrons. The van der Waals surface area contributed by atoms with Crippen molar-refractivity contribution in [1.82, 2.24) is 4.90 Å². The van der Waals surface area contributed by atoms with Crippen molar-refractivity contribution < 1.29 is 9.47 Å². The van der Waals surface area contributed by atoms with Gasteiger partial charge in [-0.15, -0.1) is 0 Å². The number of benzene rings is 1. The molecule has 0 bridgehead atoms. The fraction of sp³-hybridized carbons (Fsp3) is 0.316. The minimum absolute atomic E-state index is 0.00504. The van der Waals surface area contributed by atoms with Crippen molar-refractivity contribution in [2.45, 2.75) is 18.7 Å². The molecule has 2 atom stereocenters. The molecule has 3 aliphatic rings. The van der Waals surface area contributed by atoms with E-state index in [1.54, 1.807) is 14.2 Å². The molecule has 0 fully saturated rings. The quantitative estimate of drug-likeness (QED) is 0.869. The Bertz CT molecular complexity index is 774. The lowest BCUT2D eigenvalue weighted by Crippen LogP contribution is -2.30. The third-order valence-corrected chi connectivity index (χ3v) is 4.86. The summed E-state index contributed by atoms with van der Waals surface area (Å²) in [5.74, 6) is 0.864. The normalized spacial score (nSPS) is 25.2. The Hall–Kier alpha value is -2.53. The van der Waals surface area contributed by atoms with Gasteiger partial charge in [0.1, 0.15) is 18.0 Å². The summed E-state index contributed by atoms with van der Waals surface area (Å²) in [5.41, 5.74) is 11.4. The number of nitrogens with zero attached hydrogens (tertiary/aromatic N) is 2. The molecule has 1 aliphatic carbocycles. The van der Waals surface area contributed by atoms with E-state index >= 15 is 0 Å². The maximum atomic E-state index is 5.80. The number of aliphatic imine (C=N–C) groups is 1. The molecule has 4 rings (SSSR count). The molecular formula is C19H21N3O2. The molecule has 5 heteroatoms. The number of hydrogen-bond acceptors (Lipinski definition) is 5. The average molecular weight is 323 g/mol. The van der Waals surface area contributed by atoms with E-state index in [2.05, 4.69) is 17.1 Å². The Kier molecular flexibility index (Phi) is 3.65. The highest BCUT2D eigenvalue weighted by Gasteiger charge is 2.34. The van der Waals surface area contributed by atoms with Crippen LogP contribution in [0.15, 0.2) is 64.0 Å². The lowest BCUT2D eigenvalue weighted by Gasteiger charge is -2.34. The van der Waals surface area contributed by atoms with Crippen LogP contribution in [0, 0.1) is 0 Å². The van der Waals surface area contributed by atoms with Crippen LogP contribution in [-0.2, 0) is 9.47 Å². The Morgan fingerprint density at radius 1 is 1.21 bits per heavy atom. The third kappa shape index (κ3) is 2.32. The molecule has 2 heterocycles. The van der Waals surface area contributed by atoms with Gasteiger partial charge in [0, 0.05) is 37.6 Å². The number of ether oxygens (including phenoxy) is 2. The molecule has 2 unspecified atom stereocenters. The number of fused-ring (bicyclic) bond motifs is 2. The lowest BCUT2D eigenvalue weighted by molar-refractivity contribution is 0.0764. The van der Waals surface area contributed by atoms with Gasteiger partial charge in [0.15, 0.2) is 0 Å². The van der Waals surface area contributed by atoms with Gasteiger partial charge in [0.25, 0.3) is 0 Å². The van der Waals surface area contributed by atoms with E-state index in [9.17, 15) is 0 Å². The molecule has 0 spiro atoms. The molecule has 0 aromatic heterocycles. The highest BCUT2D eigenvalue weighted by molar-refractivity contribution is 5.85. The molecular weight excluding hydrogens is 302 g/mol.